The van der Waals surface area contributed by atoms with Crippen LogP contribution < -0.4 is 0 Å². The van der Waals surface area contributed by atoms with Gasteiger partial charge >= 0.3 is 0 Å². The fourth-order valence-electron chi connectivity index (χ4n) is 1.46. The summed E-state index contributed by atoms with van der Waals surface area (Å²) >= 11 is 1.80. The maximum atomic E-state index is 8.74. The van der Waals surface area contributed by atoms with Crippen LogP contribution >= 0.6 is 11.8 Å². The minimum absolute atomic E-state index is 0.203. The Bertz CT molecular complexity index is 543. The zero-order valence-electron chi connectivity index (χ0n) is 9.42. The largest absolute Gasteiger partial charge is 0.232 e. The van der Waals surface area contributed by atoms with Crippen LogP contribution in [0.5, 0.6) is 0 Å². The lowest BCUT2D eigenvalue weighted by molar-refractivity contribution is 1.12. The Morgan fingerprint density at radius 1 is 1.24 bits per heavy atom. The molecule has 1 aromatic carbocycles. The standard InChI is InChI=1S/C13H11N3S/c1-2-17-11-5-3-10(4-6-11)12-7-8-15-13(9-14)16-12/h3-8H,2H2,1H3. The van der Waals surface area contributed by atoms with E-state index in [9.17, 15) is 0 Å². The van der Waals surface area contributed by atoms with Crippen LogP contribution in [0.25, 0.3) is 11.3 Å². The van der Waals surface area contributed by atoms with E-state index < -0.39 is 0 Å². The van der Waals surface area contributed by atoms with Gasteiger partial charge in [0.15, 0.2) is 0 Å². The lowest BCUT2D eigenvalue weighted by Crippen LogP contribution is -1.90. The Morgan fingerprint density at radius 2 is 2.00 bits per heavy atom. The van der Waals surface area contributed by atoms with Crippen molar-refractivity contribution in [3.63, 3.8) is 0 Å². The topological polar surface area (TPSA) is 49.6 Å². The predicted octanol–water partition coefficient (Wildman–Crippen LogP) is 3.13. The number of hydrogen-bond acceptors (Lipinski definition) is 4. The van der Waals surface area contributed by atoms with E-state index in [0.717, 1.165) is 17.0 Å². The molecule has 1 aromatic heterocycles. The minimum Gasteiger partial charge on any atom is -0.227 e. The molecule has 0 unspecified atom stereocenters. The van der Waals surface area contributed by atoms with Gasteiger partial charge in [0.05, 0.1) is 5.69 Å². The third kappa shape index (κ3) is 2.83. The van der Waals surface area contributed by atoms with Gasteiger partial charge in [0.1, 0.15) is 6.07 Å². The van der Waals surface area contributed by atoms with Gasteiger partial charge in [-0.15, -0.1) is 11.8 Å². The smallest absolute Gasteiger partial charge is 0.227 e. The fourth-order valence-corrected chi connectivity index (χ4v) is 2.12. The number of aromatic nitrogens is 2. The molecule has 0 fully saturated rings. The van der Waals surface area contributed by atoms with Gasteiger partial charge < -0.3 is 0 Å². The average Bonchev–Trinajstić information content (AvgIpc) is 2.40. The van der Waals surface area contributed by atoms with Crippen LogP contribution in [0, 0.1) is 11.3 Å². The van der Waals surface area contributed by atoms with Crippen LogP contribution in [0.15, 0.2) is 41.4 Å². The Kier molecular flexibility index (Phi) is 3.73. The first kappa shape index (κ1) is 11.6. The highest BCUT2D eigenvalue weighted by atomic mass is 32.2. The molecule has 4 heteroatoms. The molecule has 84 valence electrons. The van der Waals surface area contributed by atoms with Crippen molar-refractivity contribution in [1.82, 2.24) is 9.97 Å². The predicted molar refractivity (Wildman–Crippen MR) is 68.6 cm³/mol. The maximum absolute atomic E-state index is 8.74. The molecule has 0 aliphatic carbocycles. The molecule has 3 nitrogen and oxygen atoms in total. The summed E-state index contributed by atoms with van der Waals surface area (Å²) < 4.78 is 0. The van der Waals surface area contributed by atoms with Crippen molar-refractivity contribution in [3.8, 4) is 17.3 Å². The van der Waals surface area contributed by atoms with Crippen molar-refractivity contribution < 1.29 is 0 Å². The summed E-state index contributed by atoms with van der Waals surface area (Å²) in [7, 11) is 0. The first-order chi connectivity index (χ1) is 8.33. The molecule has 2 aromatic rings. The number of benzene rings is 1. The number of hydrogen-bond donors (Lipinski definition) is 0. The lowest BCUT2D eigenvalue weighted by Gasteiger charge is -2.02. The average molecular weight is 241 g/mol. The number of nitrogens with zero attached hydrogens (tertiary/aromatic N) is 3. The van der Waals surface area contributed by atoms with E-state index in [-0.39, 0.29) is 5.82 Å². The third-order valence-corrected chi connectivity index (χ3v) is 3.11. The van der Waals surface area contributed by atoms with Crippen molar-refractivity contribution >= 4 is 11.8 Å². The Hall–Kier alpha value is -1.86. The van der Waals surface area contributed by atoms with Crippen LogP contribution in [0.2, 0.25) is 0 Å². The molecule has 0 saturated carbocycles. The summed E-state index contributed by atoms with van der Waals surface area (Å²) in [6.07, 6.45) is 1.61. The van der Waals surface area contributed by atoms with Crippen LogP contribution in [-0.4, -0.2) is 15.7 Å². The number of thioether (sulfide) groups is 1. The molecule has 0 spiro atoms. The molecule has 0 atom stereocenters. The molecule has 1 heterocycles. The van der Waals surface area contributed by atoms with Gasteiger partial charge in [-0.05, 0) is 24.0 Å². The second-order valence-corrected chi connectivity index (χ2v) is 4.67. The van der Waals surface area contributed by atoms with E-state index >= 15 is 0 Å². The summed E-state index contributed by atoms with van der Waals surface area (Å²) in [5.74, 6) is 1.26. The Morgan fingerprint density at radius 3 is 2.65 bits per heavy atom. The Balaban J connectivity index is 2.30. The lowest BCUT2D eigenvalue weighted by atomic mass is 10.1. The zero-order chi connectivity index (χ0) is 12.1. The van der Waals surface area contributed by atoms with Gasteiger partial charge in [0, 0.05) is 16.7 Å². The van der Waals surface area contributed by atoms with Gasteiger partial charge in [0.25, 0.3) is 0 Å². The molecule has 0 N–H and O–H groups in total. The molecular weight excluding hydrogens is 230 g/mol. The van der Waals surface area contributed by atoms with Gasteiger partial charge in [-0.1, -0.05) is 19.1 Å². The highest BCUT2D eigenvalue weighted by Crippen LogP contribution is 2.22. The van der Waals surface area contributed by atoms with E-state index in [1.54, 1.807) is 18.0 Å². The van der Waals surface area contributed by atoms with E-state index in [1.807, 2.05) is 24.3 Å². The van der Waals surface area contributed by atoms with Crippen molar-refractivity contribution in [2.24, 2.45) is 0 Å². The molecule has 2 rings (SSSR count). The molecule has 0 bridgehead atoms. The first-order valence-corrected chi connectivity index (χ1v) is 6.28. The van der Waals surface area contributed by atoms with E-state index in [4.69, 9.17) is 5.26 Å². The van der Waals surface area contributed by atoms with E-state index in [1.165, 1.54) is 4.90 Å². The Labute approximate surface area is 105 Å². The molecule has 0 radical (unpaired) electrons. The van der Waals surface area contributed by atoms with E-state index in [2.05, 4.69) is 29.0 Å². The van der Waals surface area contributed by atoms with Crippen LogP contribution in [0.4, 0.5) is 0 Å². The minimum atomic E-state index is 0.203. The molecule has 0 aliphatic heterocycles. The van der Waals surface area contributed by atoms with Gasteiger partial charge in [-0.3, -0.25) is 0 Å². The SMILES string of the molecule is CCSc1ccc(-c2ccnc(C#N)n2)cc1. The summed E-state index contributed by atoms with van der Waals surface area (Å²) in [4.78, 5) is 9.25. The van der Waals surface area contributed by atoms with Crippen molar-refractivity contribution in [2.75, 3.05) is 5.75 Å². The fraction of sp³-hybridized carbons (Fsp3) is 0.154. The van der Waals surface area contributed by atoms with Crippen LogP contribution in [0.1, 0.15) is 12.7 Å². The first-order valence-electron chi connectivity index (χ1n) is 5.30. The number of rotatable bonds is 3. The van der Waals surface area contributed by atoms with E-state index in [0.29, 0.717) is 0 Å². The summed E-state index contributed by atoms with van der Waals surface area (Å²) in [5.41, 5.74) is 1.79. The molecule has 17 heavy (non-hydrogen) atoms. The van der Waals surface area contributed by atoms with Crippen molar-refractivity contribution in [2.45, 2.75) is 11.8 Å². The summed E-state index contributed by atoms with van der Waals surface area (Å²) in [5, 5.41) is 8.74. The zero-order valence-corrected chi connectivity index (χ0v) is 10.2. The summed E-state index contributed by atoms with van der Waals surface area (Å²) in [6, 6.07) is 11.9. The van der Waals surface area contributed by atoms with Crippen molar-refractivity contribution in [3.05, 3.63) is 42.4 Å². The molecule has 0 amide bonds. The second-order valence-electron chi connectivity index (χ2n) is 3.33. The third-order valence-electron chi connectivity index (χ3n) is 2.22. The summed E-state index contributed by atoms with van der Waals surface area (Å²) in [6.45, 7) is 2.13. The van der Waals surface area contributed by atoms with Gasteiger partial charge in [-0.25, -0.2) is 9.97 Å². The maximum Gasteiger partial charge on any atom is 0.232 e. The number of nitriles is 1. The highest BCUT2D eigenvalue weighted by molar-refractivity contribution is 7.99. The quantitative estimate of drug-likeness (QED) is 0.775. The van der Waals surface area contributed by atoms with Crippen LogP contribution in [-0.2, 0) is 0 Å². The normalized spacial score (nSPS) is 9.88. The molecule has 0 aliphatic rings. The van der Waals surface area contributed by atoms with Crippen LogP contribution in [0.3, 0.4) is 0 Å². The van der Waals surface area contributed by atoms with Gasteiger partial charge in [0.2, 0.25) is 5.82 Å². The highest BCUT2D eigenvalue weighted by Gasteiger charge is 2.01. The van der Waals surface area contributed by atoms with Crippen molar-refractivity contribution in [1.29, 1.82) is 5.26 Å². The van der Waals surface area contributed by atoms with Gasteiger partial charge in [-0.2, -0.15) is 5.26 Å². The molecule has 0 saturated heterocycles. The second kappa shape index (κ2) is 5.46. The monoisotopic (exact) mass is 241 g/mol. The molecular formula is C13H11N3S.